The molecule has 1 N–H and O–H groups in total. The van der Waals surface area contributed by atoms with Gasteiger partial charge in [0.25, 0.3) is 5.56 Å². The molecule has 30 heavy (non-hydrogen) atoms. The van der Waals surface area contributed by atoms with E-state index in [4.69, 9.17) is 4.74 Å². The molecule has 2 aromatic carbocycles. The second-order valence-corrected chi connectivity index (χ2v) is 6.75. The summed E-state index contributed by atoms with van der Waals surface area (Å²) in [7, 11) is 0. The van der Waals surface area contributed by atoms with E-state index in [0.29, 0.717) is 34.4 Å². The molecule has 0 aliphatic rings. The van der Waals surface area contributed by atoms with Gasteiger partial charge in [-0.3, -0.25) is 9.79 Å². The van der Waals surface area contributed by atoms with Crippen molar-refractivity contribution in [1.82, 2.24) is 9.55 Å². The van der Waals surface area contributed by atoms with Gasteiger partial charge < -0.3 is 9.84 Å². The lowest BCUT2D eigenvalue weighted by Gasteiger charge is -2.13. The third-order valence-corrected chi connectivity index (χ3v) is 4.70. The summed E-state index contributed by atoms with van der Waals surface area (Å²) in [5.74, 6) is 0.925. The maximum absolute atomic E-state index is 13.1. The van der Waals surface area contributed by atoms with Crippen LogP contribution in [0.2, 0.25) is 0 Å². The number of fused-ring (bicyclic) bond motifs is 1. The molecule has 150 valence electrons. The third-order valence-electron chi connectivity index (χ3n) is 4.70. The van der Waals surface area contributed by atoms with Crippen molar-refractivity contribution in [2.75, 3.05) is 6.61 Å². The number of benzene rings is 2. The number of aromatic nitrogens is 2. The minimum Gasteiger partial charge on any atom is -0.494 e. The first-order chi connectivity index (χ1) is 14.6. The van der Waals surface area contributed by atoms with Gasteiger partial charge >= 0.3 is 0 Å². The van der Waals surface area contributed by atoms with Crippen LogP contribution in [0.25, 0.3) is 16.6 Å². The van der Waals surface area contributed by atoms with Gasteiger partial charge in [-0.15, -0.1) is 0 Å². The first-order valence-corrected chi connectivity index (χ1v) is 9.66. The minimum absolute atomic E-state index is 0.202. The number of aliphatic imine (C=N–C) groups is 1. The van der Waals surface area contributed by atoms with Crippen LogP contribution in [0.5, 0.6) is 11.6 Å². The average Bonchev–Trinajstić information content (AvgIpc) is 2.75. The summed E-state index contributed by atoms with van der Waals surface area (Å²) in [5, 5.41) is 12.1. The van der Waals surface area contributed by atoms with E-state index >= 15 is 0 Å². The molecule has 0 aliphatic carbocycles. The molecule has 0 amide bonds. The Bertz CT molecular complexity index is 1290. The lowest BCUT2D eigenvalue weighted by Crippen LogP contribution is -2.21. The Kier molecular flexibility index (Phi) is 5.30. The maximum Gasteiger partial charge on any atom is 0.267 e. The van der Waals surface area contributed by atoms with E-state index in [1.807, 2.05) is 50.2 Å². The summed E-state index contributed by atoms with van der Waals surface area (Å²) in [6.45, 7) is 4.36. The molecular formula is C24H21N3O3. The number of rotatable bonds is 5. The third kappa shape index (κ3) is 3.67. The SMILES string of the molecule is CCOc1ccc(N=Cc2c(O)n(-c3cccc(C)n3)c(=O)c3ccccc23)cc1. The number of ether oxygens (including phenoxy) is 1. The molecule has 6 heteroatoms. The van der Waals surface area contributed by atoms with Gasteiger partial charge in [-0.05, 0) is 56.3 Å². The Balaban J connectivity index is 1.87. The maximum atomic E-state index is 13.1. The van der Waals surface area contributed by atoms with E-state index in [2.05, 4.69) is 9.98 Å². The molecule has 2 aromatic heterocycles. The standard InChI is InChI=1S/C24H21N3O3/c1-3-30-18-13-11-17(12-14-18)25-15-21-19-8-4-5-9-20(19)23(28)27(24(21)29)22-10-6-7-16(2)26-22/h4-15,29H,3H2,1-2H3. The van der Waals surface area contributed by atoms with E-state index in [-0.39, 0.29) is 11.4 Å². The van der Waals surface area contributed by atoms with Crippen LogP contribution in [0.4, 0.5) is 5.69 Å². The number of nitrogens with zero attached hydrogens (tertiary/aromatic N) is 3. The summed E-state index contributed by atoms with van der Waals surface area (Å²) in [4.78, 5) is 22.0. The van der Waals surface area contributed by atoms with Crippen molar-refractivity contribution in [3.63, 3.8) is 0 Å². The van der Waals surface area contributed by atoms with Crippen LogP contribution in [0.15, 0.2) is 76.5 Å². The molecule has 4 rings (SSSR count). The quantitative estimate of drug-likeness (QED) is 0.500. The Morgan fingerprint density at radius 3 is 2.47 bits per heavy atom. The van der Waals surface area contributed by atoms with E-state index in [0.717, 1.165) is 11.4 Å². The highest BCUT2D eigenvalue weighted by Crippen LogP contribution is 2.26. The molecule has 2 heterocycles. The molecule has 4 aromatic rings. The van der Waals surface area contributed by atoms with Gasteiger partial charge in [0.2, 0.25) is 5.88 Å². The van der Waals surface area contributed by atoms with Crippen molar-refractivity contribution in [3.8, 4) is 17.4 Å². The Morgan fingerprint density at radius 1 is 1.03 bits per heavy atom. The van der Waals surface area contributed by atoms with Gasteiger partial charge in [-0.2, -0.15) is 0 Å². The predicted molar refractivity (Wildman–Crippen MR) is 119 cm³/mol. The van der Waals surface area contributed by atoms with Crippen molar-refractivity contribution in [2.24, 2.45) is 4.99 Å². The summed E-state index contributed by atoms with van der Waals surface area (Å²) in [6.07, 6.45) is 1.57. The summed E-state index contributed by atoms with van der Waals surface area (Å²) < 4.78 is 6.67. The molecule has 0 aliphatic heterocycles. The second kappa shape index (κ2) is 8.21. The molecule has 0 unspecified atom stereocenters. The van der Waals surface area contributed by atoms with Gasteiger partial charge in [-0.1, -0.05) is 24.3 Å². The highest BCUT2D eigenvalue weighted by molar-refractivity contribution is 6.02. The monoisotopic (exact) mass is 399 g/mol. The molecular weight excluding hydrogens is 378 g/mol. The molecule has 0 spiro atoms. The summed E-state index contributed by atoms with van der Waals surface area (Å²) in [6, 6.07) is 19.8. The number of aryl methyl sites for hydroxylation is 1. The molecule has 0 saturated carbocycles. The number of aromatic hydroxyl groups is 1. The molecule has 0 bridgehead atoms. The zero-order valence-corrected chi connectivity index (χ0v) is 16.7. The van der Waals surface area contributed by atoms with Crippen LogP contribution in [0.3, 0.4) is 0 Å². The van der Waals surface area contributed by atoms with Gasteiger partial charge in [-0.25, -0.2) is 9.55 Å². The largest absolute Gasteiger partial charge is 0.494 e. The fourth-order valence-electron chi connectivity index (χ4n) is 3.29. The molecule has 6 nitrogen and oxygen atoms in total. The van der Waals surface area contributed by atoms with Crippen molar-refractivity contribution in [2.45, 2.75) is 13.8 Å². The lowest BCUT2D eigenvalue weighted by molar-refractivity contribution is 0.340. The van der Waals surface area contributed by atoms with Crippen LogP contribution in [-0.4, -0.2) is 27.5 Å². The highest BCUT2D eigenvalue weighted by atomic mass is 16.5. The van der Waals surface area contributed by atoms with Gasteiger partial charge in [0, 0.05) is 22.7 Å². The van der Waals surface area contributed by atoms with Crippen molar-refractivity contribution in [3.05, 3.63) is 88.3 Å². The van der Waals surface area contributed by atoms with Crippen LogP contribution in [0.1, 0.15) is 18.2 Å². The first kappa shape index (κ1) is 19.4. The minimum atomic E-state index is -0.334. The smallest absolute Gasteiger partial charge is 0.267 e. The number of hydrogen-bond donors (Lipinski definition) is 1. The van der Waals surface area contributed by atoms with Gasteiger partial charge in [0.1, 0.15) is 11.6 Å². The number of pyridine rings is 2. The number of hydrogen-bond acceptors (Lipinski definition) is 5. The van der Waals surface area contributed by atoms with E-state index in [1.165, 1.54) is 4.57 Å². The van der Waals surface area contributed by atoms with Crippen LogP contribution in [-0.2, 0) is 0 Å². The van der Waals surface area contributed by atoms with Gasteiger partial charge in [0.15, 0.2) is 0 Å². The zero-order chi connectivity index (χ0) is 21.1. The molecule has 0 atom stereocenters. The Labute approximate surface area is 173 Å². The molecule has 0 saturated heterocycles. The zero-order valence-electron chi connectivity index (χ0n) is 16.7. The topological polar surface area (TPSA) is 76.7 Å². The average molecular weight is 399 g/mol. The Hall–Kier alpha value is -3.93. The molecule has 0 fully saturated rings. The van der Waals surface area contributed by atoms with E-state index < -0.39 is 0 Å². The predicted octanol–water partition coefficient (Wildman–Crippen LogP) is 4.55. The van der Waals surface area contributed by atoms with E-state index in [9.17, 15) is 9.90 Å². The van der Waals surface area contributed by atoms with Crippen molar-refractivity contribution in [1.29, 1.82) is 0 Å². The highest BCUT2D eigenvalue weighted by Gasteiger charge is 2.17. The summed E-state index contributed by atoms with van der Waals surface area (Å²) in [5.41, 5.74) is 1.56. The van der Waals surface area contributed by atoms with Crippen LogP contribution < -0.4 is 10.3 Å². The van der Waals surface area contributed by atoms with Crippen molar-refractivity contribution >= 4 is 22.7 Å². The summed E-state index contributed by atoms with van der Waals surface area (Å²) >= 11 is 0. The Morgan fingerprint density at radius 2 is 1.77 bits per heavy atom. The lowest BCUT2D eigenvalue weighted by atomic mass is 10.1. The second-order valence-electron chi connectivity index (χ2n) is 6.75. The van der Waals surface area contributed by atoms with Gasteiger partial charge in [0.05, 0.1) is 17.9 Å². The van der Waals surface area contributed by atoms with Crippen LogP contribution >= 0.6 is 0 Å². The molecule has 0 radical (unpaired) electrons. The fraction of sp³-hybridized carbons (Fsp3) is 0.125. The van der Waals surface area contributed by atoms with E-state index in [1.54, 1.807) is 36.5 Å². The first-order valence-electron chi connectivity index (χ1n) is 9.66. The normalized spacial score (nSPS) is 11.3. The van der Waals surface area contributed by atoms with Crippen LogP contribution in [0, 0.1) is 6.92 Å². The van der Waals surface area contributed by atoms with Crippen molar-refractivity contribution < 1.29 is 9.84 Å². The fourth-order valence-corrected chi connectivity index (χ4v) is 3.29.